The van der Waals surface area contributed by atoms with Crippen molar-refractivity contribution < 1.29 is 17.9 Å². The highest BCUT2D eigenvalue weighted by atomic mass is 19.4. The molecule has 0 amide bonds. The Bertz CT molecular complexity index is 462. The van der Waals surface area contributed by atoms with Gasteiger partial charge in [0, 0.05) is 5.56 Å². The predicted molar refractivity (Wildman–Crippen MR) is 59.9 cm³/mol. The summed E-state index contributed by atoms with van der Waals surface area (Å²) in [6.07, 6.45) is -1.92. The van der Waals surface area contributed by atoms with Gasteiger partial charge >= 0.3 is 6.18 Å². The van der Waals surface area contributed by atoms with Crippen molar-refractivity contribution in [3.8, 4) is 5.75 Å². The lowest BCUT2D eigenvalue weighted by atomic mass is 9.93. The van der Waals surface area contributed by atoms with E-state index in [2.05, 4.69) is 0 Å². The van der Waals surface area contributed by atoms with Crippen molar-refractivity contribution in [1.29, 1.82) is 0 Å². The topological polar surface area (TPSA) is 9.23 Å². The van der Waals surface area contributed by atoms with Gasteiger partial charge in [0.05, 0.1) is 0 Å². The van der Waals surface area contributed by atoms with Crippen LogP contribution in [0.15, 0.2) is 24.3 Å². The zero-order valence-electron chi connectivity index (χ0n) is 9.64. The first-order valence-electron chi connectivity index (χ1n) is 5.44. The molecule has 1 heterocycles. The van der Waals surface area contributed by atoms with Gasteiger partial charge in [-0.3, -0.25) is 0 Å². The average Bonchev–Trinajstić information content (AvgIpc) is 2.27. The van der Waals surface area contributed by atoms with Crippen molar-refractivity contribution in [2.75, 3.05) is 0 Å². The zero-order chi connectivity index (χ0) is 12.7. The van der Waals surface area contributed by atoms with Crippen LogP contribution in [-0.2, 0) is 0 Å². The molecule has 1 aromatic carbocycles. The second-order valence-electron chi connectivity index (χ2n) is 4.16. The number of halogens is 3. The molecule has 92 valence electrons. The minimum absolute atomic E-state index is 0.139. The fourth-order valence-corrected chi connectivity index (χ4v) is 1.95. The van der Waals surface area contributed by atoms with E-state index >= 15 is 0 Å². The molecule has 1 atom stereocenters. The Morgan fingerprint density at radius 1 is 1.29 bits per heavy atom. The Morgan fingerprint density at radius 3 is 2.59 bits per heavy atom. The number of fused-ring (bicyclic) bond motifs is 1. The minimum atomic E-state index is -4.40. The molecule has 0 N–H and O–H groups in total. The Kier molecular flexibility index (Phi) is 2.68. The van der Waals surface area contributed by atoms with Gasteiger partial charge in [-0.15, -0.1) is 0 Å². The monoisotopic (exact) mass is 242 g/mol. The lowest BCUT2D eigenvalue weighted by Crippen LogP contribution is -2.49. The van der Waals surface area contributed by atoms with Gasteiger partial charge in [0.15, 0.2) is 0 Å². The fraction of sp³-hybridized carbons (Fsp3) is 0.385. The first-order valence-corrected chi connectivity index (χ1v) is 5.44. The molecule has 1 aliphatic rings. The molecule has 0 fully saturated rings. The van der Waals surface area contributed by atoms with Crippen LogP contribution in [0.5, 0.6) is 5.75 Å². The van der Waals surface area contributed by atoms with Gasteiger partial charge in [-0.1, -0.05) is 25.1 Å². The Balaban J connectivity index is 2.49. The minimum Gasteiger partial charge on any atom is -0.473 e. The summed E-state index contributed by atoms with van der Waals surface area (Å²) in [6.45, 7) is 3.32. The molecule has 4 heteroatoms. The van der Waals surface area contributed by atoms with Crippen molar-refractivity contribution in [3.63, 3.8) is 0 Å². The highest BCUT2D eigenvalue weighted by Crippen LogP contribution is 2.43. The van der Waals surface area contributed by atoms with Gasteiger partial charge in [0.2, 0.25) is 5.60 Å². The number of benzene rings is 1. The maximum atomic E-state index is 13.0. The fourth-order valence-electron chi connectivity index (χ4n) is 1.95. The zero-order valence-corrected chi connectivity index (χ0v) is 9.64. The van der Waals surface area contributed by atoms with E-state index in [-0.39, 0.29) is 6.42 Å². The molecular formula is C13H13F3O. The first kappa shape index (κ1) is 12.0. The summed E-state index contributed by atoms with van der Waals surface area (Å²) >= 11 is 0. The maximum Gasteiger partial charge on any atom is 0.432 e. The van der Waals surface area contributed by atoms with Crippen LogP contribution >= 0.6 is 0 Å². The third-order valence-electron chi connectivity index (χ3n) is 3.10. The summed E-state index contributed by atoms with van der Waals surface area (Å²) in [7, 11) is 0. The number of ether oxygens (including phenoxy) is 1. The Morgan fingerprint density at radius 2 is 2.00 bits per heavy atom. The van der Waals surface area contributed by atoms with E-state index in [0.29, 0.717) is 5.75 Å². The maximum absolute atomic E-state index is 13.0. The van der Waals surface area contributed by atoms with E-state index in [9.17, 15) is 13.2 Å². The third kappa shape index (κ3) is 1.81. The summed E-state index contributed by atoms with van der Waals surface area (Å²) in [5.74, 6) is 0.298. The second kappa shape index (κ2) is 3.79. The van der Waals surface area contributed by atoms with Crippen molar-refractivity contribution in [2.24, 2.45) is 0 Å². The predicted octanol–water partition coefficient (Wildman–Crippen LogP) is 4.11. The molecule has 1 aromatic rings. The summed E-state index contributed by atoms with van der Waals surface area (Å²) in [4.78, 5) is 0. The molecule has 2 rings (SSSR count). The summed E-state index contributed by atoms with van der Waals surface area (Å²) in [5, 5.41) is 0. The van der Waals surface area contributed by atoms with Crippen LogP contribution in [0.1, 0.15) is 24.5 Å². The molecule has 0 saturated heterocycles. The SMILES string of the molecule is CCC1(C(F)(F)F)C=Cc2c(C)cccc2O1. The summed E-state index contributed by atoms with van der Waals surface area (Å²) < 4.78 is 44.2. The highest BCUT2D eigenvalue weighted by molar-refractivity contribution is 5.64. The molecule has 0 aliphatic carbocycles. The van der Waals surface area contributed by atoms with Gasteiger partial charge in [-0.25, -0.2) is 0 Å². The largest absolute Gasteiger partial charge is 0.473 e. The van der Waals surface area contributed by atoms with Gasteiger partial charge in [-0.05, 0) is 31.1 Å². The standard InChI is InChI=1S/C13H13F3O/c1-3-12(13(14,15)16)8-7-10-9(2)5-4-6-11(10)17-12/h4-8H,3H2,1-2H3. The molecule has 1 nitrogen and oxygen atoms in total. The second-order valence-corrected chi connectivity index (χ2v) is 4.16. The van der Waals surface area contributed by atoms with E-state index in [0.717, 1.165) is 17.2 Å². The molecule has 0 aromatic heterocycles. The number of hydrogen-bond donors (Lipinski definition) is 0. The van der Waals surface area contributed by atoms with E-state index in [1.165, 1.54) is 13.0 Å². The molecule has 0 spiro atoms. The number of alkyl halides is 3. The van der Waals surface area contributed by atoms with Crippen LogP contribution in [0, 0.1) is 6.92 Å². The summed E-state index contributed by atoms with van der Waals surface area (Å²) in [5.41, 5.74) is -0.556. The molecule has 0 saturated carbocycles. The first-order chi connectivity index (χ1) is 7.89. The van der Waals surface area contributed by atoms with Crippen LogP contribution in [0.3, 0.4) is 0 Å². The number of aryl methyl sites for hydroxylation is 1. The van der Waals surface area contributed by atoms with E-state index in [1.807, 2.05) is 13.0 Å². The smallest absolute Gasteiger partial charge is 0.432 e. The van der Waals surface area contributed by atoms with Crippen molar-refractivity contribution in [2.45, 2.75) is 32.0 Å². The summed E-state index contributed by atoms with van der Waals surface area (Å²) in [6, 6.07) is 5.12. The molecule has 1 unspecified atom stereocenters. The molecule has 0 bridgehead atoms. The molecule has 0 radical (unpaired) electrons. The Hall–Kier alpha value is -1.45. The van der Waals surface area contributed by atoms with Crippen molar-refractivity contribution in [1.82, 2.24) is 0 Å². The number of rotatable bonds is 1. The van der Waals surface area contributed by atoms with Crippen molar-refractivity contribution >= 4 is 6.08 Å². The van der Waals surface area contributed by atoms with Crippen LogP contribution < -0.4 is 4.74 Å². The van der Waals surface area contributed by atoms with E-state index < -0.39 is 11.8 Å². The lowest BCUT2D eigenvalue weighted by Gasteiger charge is -2.36. The van der Waals surface area contributed by atoms with Crippen LogP contribution in [0.2, 0.25) is 0 Å². The van der Waals surface area contributed by atoms with Crippen LogP contribution in [0.4, 0.5) is 13.2 Å². The average molecular weight is 242 g/mol. The lowest BCUT2D eigenvalue weighted by molar-refractivity contribution is -0.230. The van der Waals surface area contributed by atoms with Crippen molar-refractivity contribution in [3.05, 3.63) is 35.4 Å². The molecular weight excluding hydrogens is 229 g/mol. The van der Waals surface area contributed by atoms with Gasteiger partial charge in [-0.2, -0.15) is 13.2 Å². The van der Waals surface area contributed by atoms with Crippen LogP contribution in [-0.4, -0.2) is 11.8 Å². The van der Waals surface area contributed by atoms with Crippen LogP contribution in [0.25, 0.3) is 6.08 Å². The van der Waals surface area contributed by atoms with E-state index in [1.54, 1.807) is 12.1 Å². The third-order valence-corrected chi connectivity index (χ3v) is 3.10. The normalized spacial score (nSPS) is 23.1. The van der Waals surface area contributed by atoms with Gasteiger partial charge < -0.3 is 4.74 Å². The molecule has 1 aliphatic heterocycles. The highest BCUT2D eigenvalue weighted by Gasteiger charge is 2.55. The number of hydrogen-bond acceptors (Lipinski definition) is 1. The van der Waals surface area contributed by atoms with Gasteiger partial charge in [0.25, 0.3) is 0 Å². The quantitative estimate of drug-likeness (QED) is 0.720. The van der Waals surface area contributed by atoms with E-state index in [4.69, 9.17) is 4.74 Å². The molecule has 17 heavy (non-hydrogen) atoms. The van der Waals surface area contributed by atoms with Gasteiger partial charge in [0.1, 0.15) is 5.75 Å². The Labute approximate surface area is 97.9 Å².